The van der Waals surface area contributed by atoms with Crippen molar-refractivity contribution in [2.45, 2.75) is 59.5 Å². The van der Waals surface area contributed by atoms with Gasteiger partial charge in [0.25, 0.3) is 0 Å². The van der Waals surface area contributed by atoms with Crippen LogP contribution in [0, 0.1) is 12.8 Å². The number of rotatable bonds is 7. The van der Waals surface area contributed by atoms with Crippen LogP contribution in [0.25, 0.3) is 11.0 Å². The van der Waals surface area contributed by atoms with E-state index < -0.39 is 0 Å². The summed E-state index contributed by atoms with van der Waals surface area (Å²) < 4.78 is 0. The number of hydrogen-bond acceptors (Lipinski definition) is 2. The number of imidazole rings is 1. The number of H-pyrrole nitrogens is 1. The summed E-state index contributed by atoms with van der Waals surface area (Å²) >= 11 is 0. The first-order chi connectivity index (χ1) is 11.0. The lowest BCUT2D eigenvalue weighted by atomic mass is 10.0. The number of nitrogens with one attached hydrogen (secondary N) is 2. The van der Waals surface area contributed by atoms with Crippen molar-refractivity contribution in [2.24, 2.45) is 16.6 Å². The summed E-state index contributed by atoms with van der Waals surface area (Å²) in [7, 11) is 0. The second-order valence-electron chi connectivity index (χ2n) is 6.73. The molecule has 0 aliphatic carbocycles. The van der Waals surface area contributed by atoms with Gasteiger partial charge in [0, 0.05) is 6.04 Å². The minimum Gasteiger partial charge on any atom is -0.370 e. The smallest absolute Gasteiger partial charge is 0.189 e. The lowest BCUT2D eigenvalue weighted by molar-refractivity contribution is 0.493. The zero-order valence-electron chi connectivity index (χ0n) is 14.7. The number of aliphatic imine (C=N–C) groups is 1. The summed E-state index contributed by atoms with van der Waals surface area (Å²) in [4.78, 5) is 12.3. The number of hydrogen-bond donors (Lipinski definition) is 3. The maximum atomic E-state index is 5.98. The van der Waals surface area contributed by atoms with Gasteiger partial charge in [0.15, 0.2) is 5.96 Å². The third kappa shape index (κ3) is 5.27. The molecule has 5 nitrogen and oxygen atoms in total. The number of nitrogens with zero attached hydrogens (tertiary/aromatic N) is 2. The van der Waals surface area contributed by atoms with E-state index in [1.165, 1.54) is 18.4 Å². The topological polar surface area (TPSA) is 79.1 Å². The number of guanidine groups is 1. The second-order valence-corrected chi connectivity index (χ2v) is 6.73. The Labute approximate surface area is 138 Å². The van der Waals surface area contributed by atoms with Gasteiger partial charge in [-0.25, -0.2) is 9.98 Å². The predicted octanol–water partition coefficient (Wildman–Crippen LogP) is 3.49. The van der Waals surface area contributed by atoms with Crippen molar-refractivity contribution in [3.8, 4) is 0 Å². The van der Waals surface area contributed by atoms with Gasteiger partial charge in [0.1, 0.15) is 12.4 Å². The van der Waals surface area contributed by atoms with Crippen molar-refractivity contribution >= 4 is 17.0 Å². The van der Waals surface area contributed by atoms with Crippen molar-refractivity contribution in [3.05, 3.63) is 29.6 Å². The van der Waals surface area contributed by atoms with Gasteiger partial charge < -0.3 is 16.0 Å². The van der Waals surface area contributed by atoms with E-state index in [0.29, 0.717) is 18.5 Å². The maximum Gasteiger partial charge on any atom is 0.189 e. The molecule has 5 heteroatoms. The predicted molar refractivity (Wildman–Crippen MR) is 97.4 cm³/mol. The summed E-state index contributed by atoms with van der Waals surface area (Å²) in [5, 5.41) is 3.26. The Morgan fingerprint density at radius 2 is 2.09 bits per heavy atom. The van der Waals surface area contributed by atoms with Crippen LogP contribution in [0.3, 0.4) is 0 Å². The molecule has 0 aliphatic rings. The minimum absolute atomic E-state index is 0.343. The Morgan fingerprint density at radius 1 is 1.30 bits per heavy atom. The highest BCUT2D eigenvalue weighted by atomic mass is 15.1. The third-order valence-electron chi connectivity index (χ3n) is 3.98. The average Bonchev–Trinajstić information content (AvgIpc) is 2.89. The maximum absolute atomic E-state index is 5.98. The Bertz CT molecular complexity index is 656. The zero-order valence-corrected chi connectivity index (χ0v) is 14.7. The van der Waals surface area contributed by atoms with E-state index in [0.717, 1.165) is 29.2 Å². The van der Waals surface area contributed by atoms with E-state index in [-0.39, 0.29) is 0 Å². The molecule has 0 bridgehead atoms. The molecule has 1 aromatic heterocycles. The highest BCUT2D eigenvalue weighted by Crippen LogP contribution is 2.15. The van der Waals surface area contributed by atoms with Crippen LogP contribution in [0.1, 0.15) is 51.4 Å². The molecule has 1 heterocycles. The standard InChI is InChI=1S/C18H29N5/c1-12(2)7-5-9-14(4)21-18(19)20-11-16-22-15-10-6-8-13(3)17(15)23-16/h6,8,10,12,14H,5,7,9,11H2,1-4H3,(H,22,23)(H3,19,20,21). The quantitative estimate of drug-likeness (QED) is 0.540. The van der Waals surface area contributed by atoms with Crippen LogP contribution in [0.5, 0.6) is 0 Å². The van der Waals surface area contributed by atoms with E-state index in [4.69, 9.17) is 5.73 Å². The normalized spacial score (nSPS) is 13.7. The Kier molecular flexibility index (Phi) is 6.02. The molecule has 0 saturated carbocycles. The molecule has 126 valence electrons. The van der Waals surface area contributed by atoms with Gasteiger partial charge >= 0.3 is 0 Å². The van der Waals surface area contributed by atoms with E-state index in [2.05, 4.69) is 54.0 Å². The highest BCUT2D eigenvalue weighted by Gasteiger charge is 2.06. The van der Waals surface area contributed by atoms with Gasteiger partial charge in [-0.2, -0.15) is 0 Å². The summed E-state index contributed by atoms with van der Waals surface area (Å²) in [6, 6.07) is 6.46. The van der Waals surface area contributed by atoms with Gasteiger partial charge in [-0.05, 0) is 37.8 Å². The molecule has 0 aliphatic heterocycles. The van der Waals surface area contributed by atoms with Crippen molar-refractivity contribution in [1.82, 2.24) is 15.3 Å². The van der Waals surface area contributed by atoms with E-state index >= 15 is 0 Å². The molecular formula is C18H29N5. The van der Waals surface area contributed by atoms with Crippen molar-refractivity contribution in [1.29, 1.82) is 0 Å². The number of aryl methyl sites for hydroxylation is 1. The van der Waals surface area contributed by atoms with Crippen molar-refractivity contribution < 1.29 is 0 Å². The Morgan fingerprint density at radius 3 is 2.78 bits per heavy atom. The molecule has 2 rings (SSSR count). The number of para-hydroxylation sites is 1. The fourth-order valence-corrected chi connectivity index (χ4v) is 2.66. The molecule has 0 radical (unpaired) electrons. The monoisotopic (exact) mass is 315 g/mol. The molecule has 2 aromatic rings. The summed E-state index contributed by atoms with van der Waals surface area (Å²) in [6.07, 6.45) is 3.57. The number of nitrogens with two attached hydrogens (primary N) is 1. The number of fused-ring (bicyclic) bond motifs is 1. The Hall–Kier alpha value is -2.04. The third-order valence-corrected chi connectivity index (χ3v) is 3.98. The minimum atomic E-state index is 0.343. The molecule has 0 fully saturated rings. The lowest BCUT2D eigenvalue weighted by Crippen LogP contribution is -2.38. The van der Waals surface area contributed by atoms with Crippen LogP contribution in [0.2, 0.25) is 0 Å². The van der Waals surface area contributed by atoms with Crippen LogP contribution in [-0.4, -0.2) is 22.0 Å². The van der Waals surface area contributed by atoms with Gasteiger partial charge in [0.05, 0.1) is 11.0 Å². The SMILES string of the molecule is Cc1cccc2[nH]c(CN=C(N)NC(C)CCCC(C)C)nc12. The van der Waals surface area contributed by atoms with Crippen LogP contribution in [0.15, 0.2) is 23.2 Å². The first-order valence-electron chi connectivity index (χ1n) is 8.46. The first kappa shape index (κ1) is 17.3. The lowest BCUT2D eigenvalue weighted by Gasteiger charge is -2.14. The number of aromatic amines is 1. The summed E-state index contributed by atoms with van der Waals surface area (Å²) in [5.41, 5.74) is 9.19. The number of aromatic nitrogens is 2. The second kappa shape index (κ2) is 7.99. The molecule has 1 aromatic carbocycles. The van der Waals surface area contributed by atoms with E-state index in [1.807, 2.05) is 12.1 Å². The molecule has 0 spiro atoms. The largest absolute Gasteiger partial charge is 0.370 e. The average molecular weight is 315 g/mol. The molecule has 1 unspecified atom stereocenters. The first-order valence-corrected chi connectivity index (χ1v) is 8.46. The van der Waals surface area contributed by atoms with Crippen LogP contribution < -0.4 is 11.1 Å². The van der Waals surface area contributed by atoms with Crippen molar-refractivity contribution in [2.75, 3.05) is 0 Å². The van der Waals surface area contributed by atoms with Gasteiger partial charge in [-0.15, -0.1) is 0 Å². The van der Waals surface area contributed by atoms with Crippen molar-refractivity contribution in [3.63, 3.8) is 0 Å². The molecule has 4 N–H and O–H groups in total. The number of benzene rings is 1. The van der Waals surface area contributed by atoms with E-state index in [1.54, 1.807) is 0 Å². The van der Waals surface area contributed by atoms with Gasteiger partial charge in [-0.1, -0.05) is 38.8 Å². The summed E-state index contributed by atoms with van der Waals surface area (Å²) in [5.74, 6) is 2.08. The molecule has 0 saturated heterocycles. The van der Waals surface area contributed by atoms with Gasteiger partial charge in [0.2, 0.25) is 0 Å². The van der Waals surface area contributed by atoms with Gasteiger partial charge in [-0.3, -0.25) is 0 Å². The van der Waals surface area contributed by atoms with Crippen LogP contribution in [-0.2, 0) is 6.54 Å². The van der Waals surface area contributed by atoms with Crippen LogP contribution >= 0.6 is 0 Å². The molecule has 23 heavy (non-hydrogen) atoms. The Balaban J connectivity index is 1.87. The fraction of sp³-hybridized carbons (Fsp3) is 0.556. The highest BCUT2D eigenvalue weighted by molar-refractivity contribution is 5.79. The molecular weight excluding hydrogens is 286 g/mol. The molecule has 0 amide bonds. The fourth-order valence-electron chi connectivity index (χ4n) is 2.66. The summed E-state index contributed by atoms with van der Waals surface area (Å²) in [6.45, 7) is 9.18. The zero-order chi connectivity index (χ0) is 16.8. The van der Waals surface area contributed by atoms with E-state index in [9.17, 15) is 0 Å². The van der Waals surface area contributed by atoms with Crippen LogP contribution in [0.4, 0.5) is 0 Å². The molecule has 1 atom stereocenters.